The molecule has 1 fully saturated rings. The molecule has 4 aromatic rings. The average molecular weight is 668 g/mol. The fourth-order valence-corrected chi connectivity index (χ4v) is 8.05. The molecule has 0 bridgehead atoms. The number of pyridine rings is 1. The van der Waals surface area contributed by atoms with Gasteiger partial charge in [-0.05, 0) is 73.7 Å². The van der Waals surface area contributed by atoms with Crippen molar-refractivity contribution >= 4 is 33.2 Å². The van der Waals surface area contributed by atoms with Gasteiger partial charge in [0.15, 0.2) is 0 Å². The lowest BCUT2D eigenvalue weighted by Crippen LogP contribution is -2.58. The first kappa shape index (κ1) is 33.6. The van der Waals surface area contributed by atoms with Crippen LogP contribution in [0.15, 0.2) is 96.2 Å². The van der Waals surface area contributed by atoms with Gasteiger partial charge >= 0.3 is 0 Å². The highest BCUT2D eigenvalue weighted by Gasteiger charge is 2.37. The highest BCUT2D eigenvalue weighted by atomic mass is 35.5. The van der Waals surface area contributed by atoms with Crippen molar-refractivity contribution in [1.82, 2.24) is 14.6 Å². The van der Waals surface area contributed by atoms with Gasteiger partial charge in [0.2, 0.25) is 15.9 Å². The summed E-state index contributed by atoms with van der Waals surface area (Å²) in [5, 5.41) is 6.54. The summed E-state index contributed by atoms with van der Waals surface area (Å²) < 4.78 is 58.1. The minimum atomic E-state index is -3.75. The zero-order valence-corrected chi connectivity index (χ0v) is 26.8. The van der Waals surface area contributed by atoms with Gasteiger partial charge in [0.1, 0.15) is 11.6 Å². The molecule has 12 heteroatoms. The number of carbonyl (C=O) groups is 1. The van der Waals surface area contributed by atoms with Crippen molar-refractivity contribution in [3.8, 4) is 0 Å². The molecule has 1 aromatic heterocycles. The molecule has 4 atom stereocenters. The van der Waals surface area contributed by atoms with Crippen LogP contribution in [0.4, 0.5) is 14.5 Å². The molecular formula is C34H36ClF2N5O3S. The van der Waals surface area contributed by atoms with E-state index in [4.69, 9.17) is 17.3 Å². The summed E-state index contributed by atoms with van der Waals surface area (Å²) in [4.78, 5) is 17.7. The van der Waals surface area contributed by atoms with Crippen molar-refractivity contribution in [1.29, 1.82) is 0 Å². The first-order valence-electron chi connectivity index (χ1n) is 15.1. The summed E-state index contributed by atoms with van der Waals surface area (Å²) in [7, 11) is -3.75. The Bertz CT molecular complexity index is 1760. The summed E-state index contributed by atoms with van der Waals surface area (Å²) in [6.45, 7) is 2.84. The van der Waals surface area contributed by atoms with Crippen molar-refractivity contribution in [3.63, 3.8) is 0 Å². The fourth-order valence-electron chi connectivity index (χ4n) is 6.06. The summed E-state index contributed by atoms with van der Waals surface area (Å²) >= 11 is 6.08. The van der Waals surface area contributed by atoms with Crippen LogP contribution in [0.25, 0.3) is 0 Å². The number of aromatic nitrogens is 1. The van der Waals surface area contributed by atoms with E-state index < -0.39 is 39.5 Å². The van der Waals surface area contributed by atoms with E-state index in [-0.39, 0.29) is 34.7 Å². The Morgan fingerprint density at radius 1 is 1.04 bits per heavy atom. The van der Waals surface area contributed by atoms with Gasteiger partial charge in [0.25, 0.3) is 0 Å². The topological polar surface area (TPSA) is 117 Å². The van der Waals surface area contributed by atoms with Crippen LogP contribution in [-0.2, 0) is 21.2 Å². The van der Waals surface area contributed by atoms with Crippen LogP contribution in [-0.4, -0.2) is 54.8 Å². The van der Waals surface area contributed by atoms with Crippen molar-refractivity contribution in [2.75, 3.05) is 18.4 Å². The quantitative estimate of drug-likeness (QED) is 0.195. The van der Waals surface area contributed by atoms with Crippen LogP contribution in [0.2, 0.25) is 5.02 Å². The number of nitrogens with two attached hydrogens (primary N) is 1. The molecule has 1 aliphatic rings. The number of hydrogen-bond acceptors (Lipinski definition) is 6. The van der Waals surface area contributed by atoms with E-state index in [0.29, 0.717) is 42.1 Å². The second-order valence-corrected chi connectivity index (χ2v) is 13.7. The van der Waals surface area contributed by atoms with Gasteiger partial charge in [-0.2, -0.15) is 4.31 Å². The number of rotatable bonds is 11. The third kappa shape index (κ3) is 7.62. The maximum absolute atomic E-state index is 15.2. The van der Waals surface area contributed by atoms with E-state index in [1.807, 2.05) is 6.92 Å². The minimum Gasteiger partial charge on any atom is -0.323 e. The molecule has 0 spiro atoms. The van der Waals surface area contributed by atoms with Crippen LogP contribution >= 0.6 is 11.6 Å². The van der Waals surface area contributed by atoms with Crippen LogP contribution in [0.5, 0.6) is 0 Å². The average Bonchev–Trinajstić information content (AvgIpc) is 3.03. The van der Waals surface area contributed by atoms with E-state index in [0.717, 1.165) is 6.20 Å². The third-order valence-electron chi connectivity index (χ3n) is 8.26. The second-order valence-electron chi connectivity index (χ2n) is 11.4. The number of halogens is 3. The lowest BCUT2D eigenvalue weighted by molar-refractivity contribution is -0.117. The highest BCUT2D eigenvalue weighted by Crippen LogP contribution is 2.31. The van der Waals surface area contributed by atoms with E-state index in [1.165, 1.54) is 18.3 Å². The van der Waals surface area contributed by atoms with E-state index in [9.17, 15) is 17.6 Å². The molecule has 5 rings (SSSR count). The fraction of sp³-hybridized carbons (Fsp3) is 0.294. The summed E-state index contributed by atoms with van der Waals surface area (Å²) in [6, 6.07) is 19.2. The van der Waals surface area contributed by atoms with Gasteiger partial charge in [-0.25, -0.2) is 17.2 Å². The third-order valence-corrected chi connectivity index (χ3v) is 10.6. The Hall–Kier alpha value is -3.74. The van der Waals surface area contributed by atoms with Crippen molar-refractivity contribution in [2.45, 2.75) is 55.1 Å². The maximum Gasteiger partial charge on any atom is 0.243 e. The minimum absolute atomic E-state index is 0.165. The molecular weight excluding hydrogens is 632 g/mol. The maximum atomic E-state index is 15.2. The molecule has 4 N–H and O–H groups in total. The number of nitrogens with zero attached hydrogens (tertiary/aromatic N) is 2. The van der Waals surface area contributed by atoms with Crippen molar-refractivity contribution in [3.05, 3.63) is 125 Å². The van der Waals surface area contributed by atoms with E-state index in [2.05, 4.69) is 15.6 Å². The molecule has 46 heavy (non-hydrogen) atoms. The van der Waals surface area contributed by atoms with Crippen LogP contribution in [0, 0.1) is 11.6 Å². The monoisotopic (exact) mass is 667 g/mol. The van der Waals surface area contributed by atoms with Crippen LogP contribution < -0.4 is 16.4 Å². The van der Waals surface area contributed by atoms with E-state index in [1.54, 1.807) is 71.0 Å². The lowest BCUT2D eigenvalue weighted by atomic mass is 9.85. The predicted molar refractivity (Wildman–Crippen MR) is 175 cm³/mol. The number of piperazine rings is 1. The molecule has 2 heterocycles. The van der Waals surface area contributed by atoms with Gasteiger partial charge in [-0.3, -0.25) is 9.78 Å². The Labute approximate surface area is 273 Å². The molecule has 242 valence electrons. The Morgan fingerprint density at radius 3 is 2.50 bits per heavy atom. The predicted octanol–water partition coefficient (Wildman–Crippen LogP) is 5.49. The number of hydrogen-bond donors (Lipinski definition) is 3. The molecule has 1 saturated heterocycles. The number of carbonyl (C=O) groups excluding carboxylic acids is 1. The standard InChI is InChI=1S/C34H36ClF2N5O3S/c1-22-18-39-19-27(42(22)46(44,45)28-10-3-2-4-11-28)9-6-12-29-30(37)20-40-21-31(29)41-34(43)33(38)32(23-13-15-25(35)16-14-23)24-7-5-8-26(36)17-24/h2-5,7-8,10-11,13-17,20-22,27,32-33,39H,6,9,12,18-19,38H2,1H3,(H,41,43)/t22-,27+,32+,33+/m1/s1. The molecule has 3 aromatic carbocycles. The SMILES string of the molecule is C[C@@H]1CNC[C@H](CCCc2c(F)cncc2NC(=O)[C@@H](N)[C@@H](c2ccc(Cl)cc2)c2cccc(F)c2)N1S(=O)(=O)c1ccccc1. The first-order chi connectivity index (χ1) is 22.1. The molecule has 1 aliphatic heterocycles. The Morgan fingerprint density at radius 2 is 1.78 bits per heavy atom. The molecule has 8 nitrogen and oxygen atoms in total. The number of sulfonamides is 1. The smallest absolute Gasteiger partial charge is 0.243 e. The summed E-state index contributed by atoms with van der Waals surface area (Å²) in [5.41, 5.74) is 8.06. The zero-order valence-electron chi connectivity index (χ0n) is 25.2. The Kier molecular flexibility index (Phi) is 10.8. The normalized spacial score (nSPS) is 18.5. The molecule has 0 unspecified atom stereocenters. The summed E-state index contributed by atoms with van der Waals surface area (Å²) in [6.07, 6.45) is 3.54. The van der Waals surface area contributed by atoms with Crippen molar-refractivity contribution in [2.24, 2.45) is 5.73 Å². The number of amides is 1. The van der Waals surface area contributed by atoms with Crippen LogP contribution in [0.3, 0.4) is 0 Å². The molecule has 0 saturated carbocycles. The highest BCUT2D eigenvalue weighted by molar-refractivity contribution is 7.89. The van der Waals surface area contributed by atoms with Gasteiger partial charge in [-0.1, -0.05) is 54.1 Å². The number of anilines is 1. The van der Waals surface area contributed by atoms with Gasteiger partial charge in [-0.15, -0.1) is 0 Å². The number of benzene rings is 3. The second kappa shape index (κ2) is 14.8. The van der Waals surface area contributed by atoms with Crippen LogP contribution in [0.1, 0.15) is 42.4 Å². The first-order valence-corrected chi connectivity index (χ1v) is 16.9. The Balaban J connectivity index is 1.33. The number of nitrogens with one attached hydrogen (secondary N) is 2. The molecule has 0 radical (unpaired) electrons. The van der Waals surface area contributed by atoms with E-state index >= 15 is 4.39 Å². The summed E-state index contributed by atoms with van der Waals surface area (Å²) in [5.74, 6) is -2.41. The van der Waals surface area contributed by atoms with Gasteiger partial charge < -0.3 is 16.4 Å². The largest absolute Gasteiger partial charge is 0.323 e. The molecule has 1 amide bonds. The zero-order chi connectivity index (χ0) is 32.8. The lowest BCUT2D eigenvalue weighted by Gasteiger charge is -2.40. The van der Waals surface area contributed by atoms with Gasteiger partial charge in [0.05, 0.1) is 29.0 Å². The van der Waals surface area contributed by atoms with Gasteiger partial charge in [0, 0.05) is 41.7 Å². The molecule has 0 aliphatic carbocycles. The van der Waals surface area contributed by atoms with Crippen molar-refractivity contribution < 1.29 is 22.0 Å².